The fourth-order valence-electron chi connectivity index (χ4n) is 2.86. The Morgan fingerprint density at radius 1 is 1.21 bits per heavy atom. The number of aryl methyl sites for hydroxylation is 1. The highest BCUT2D eigenvalue weighted by molar-refractivity contribution is 9.10. The van der Waals surface area contributed by atoms with Crippen LogP contribution >= 0.6 is 15.9 Å². The lowest BCUT2D eigenvalue weighted by atomic mass is 10.1. The smallest absolute Gasteiger partial charge is 0.487 e. The number of carbonyl (C=O) groups is 1. The van der Waals surface area contributed by atoms with Crippen molar-refractivity contribution in [1.29, 1.82) is 0 Å². The third-order valence-electron chi connectivity index (χ3n) is 4.39. The van der Waals surface area contributed by atoms with Gasteiger partial charge in [0.1, 0.15) is 23.9 Å². The van der Waals surface area contributed by atoms with E-state index in [2.05, 4.69) is 31.0 Å². The fraction of sp³-hybridized carbons (Fsp3) is 0.143. The zero-order chi connectivity index (χ0) is 25.0. The van der Waals surface area contributed by atoms with E-state index in [1.165, 1.54) is 6.07 Å². The lowest BCUT2D eigenvalue weighted by Crippen LogP contribution is -2.21. The highest BCUT2D eigenvalue weighted by Gasteiger charge is 2.38. The van der Waals surface area contributed by atoms with Crippen LogP contribution in [-0.2, 0) is 18.4 Å². The van der Waals surface area contributed by atoms with E-state index >= 15 is 0 Å². The number of carboxylic acid groups (broad SMARTS) is 1. The molecule has 178 valence electrons. The second-order valence-electron chi connectivity index (χ2n) is 6.74. The summed E-state index contributed by atoms with van der Waals surface area (Å²) in [6, 6.07) is 12.2. The van der Waals surface area contributed by atoms with Gasteiger partial charge in [-0.1, -0.05) is 24.3 Å². The van der Waals surface area contributed by atoms with Crippen molar-refractivity contribution in [3.8, 4) is 17.0 Å². The molecule has 0 aliphatic carbocycles. The molecule has 2 aromatic carbocycles. The molecule has 34 heavy (non-hydrogen) atoms. The molecule has 0 saturated carbocycles. The van der Waals surface area contributed by atoms with Gasteiger partial charge in [0.15, 0.2) is 5.65 Å². The average molecular weight is 542 g/mol. The molecule has 0 spiro atoms. The molecule has 0 fully saturated rings. The Hall–Kier alpha value is -3.74. The van der Waals surface area contributed by atoms with Gasteiger partial charge in [-0.05, 0) is 34.1 Å². The van der Waals surface area contributed by atoms with Gasteiger partial charge in [-0.25, -0.2) is 18.9 Å². The number of hydrogen-bond donors (Lipinski definition) is 2. The Bertz CT molecular complexity index is 1340. The summed E-state index contributed by atoms with van der Waals surface area (Å²) < 4.78 is 54.0. The molecule has 8 nitrogen and oxygen atoms in total. The number of nitrogen functional groups attached to an aromatic ring is 1. The zero-order valence-corrected chi connectivity index (χ0v) is 18.9. The number of nitrogens with two attached hydrogens (primary N) is 1. The first-order valence-corrected chi connectivity index (χ1v) is 10.2. The summed E-state index contributed by atoms with van der Waals surface area (Å²) in [7, 11) is 1.79. The van der Waals surface area contributed by atoms with Crippen molar-refractivity contribution in [3.05, 3.63) is 64.5 Å². The zero-order valence-electron chi connectivity index (χ0n) is 17.3. The van der Waals surface area contributed by atoms with Gasteiger partial charge in [-0.2, -0.15) is 23.3 Å². The first kappa shape index (κ1) is 24.9. The van der Waals surface area contributed by atoms with E-state index in [4.69, 9.17) is 20.4 Å². The van der Waals surface area contributed by atoms with Crippen molar-refractivity contribution < 1.29 is 32.2 Å². The van der Waals surface area contributed by atoms with Crippen molar-refractivity contribution >= 4 is 38.9 Å². The number of fused-ring (bicyclic) bond motifs is 1. The molecular weight excluding hydrogens is 526 g/mol. The summed E-state index contributed by atoms with van der Waals surface area (Å²) in [6.45, 7) is 0.0938. The van der Waals surface area contributed by atoms with Gasteiger partial charge in [0, 0.05) is 24.4 Å². The van der Waals surface area contributed by atoms with Gasteiger partial charge in [0.25, 0.3) is 0 Å². The third-order valence-corrected chi connectivity index (χ3v) is 5.02. The van der Waals surface area contributed by atoms with Crippen molar-refractivity contribution in [2.75, 3.05) is 5.73 Å². The summed E-state index contributed by atoms with van der Waals surface area (Å²) in [5.41, 5.74) is 8.20. The topological polar surface area (TPSA) is 116 Å². The van der Waals surface area contributed by atoms with Crippen LogP contribution in [-0.4, -0.2) is 37.0 Å². The number of halogens is 5. The van der Waals surface area contributed by atoms with Crippen LogP contribution in [0.2, 0.25) is 0 Å². The lowest BCUT2D eigenvalue weighted by molar-refractivity contribution is -0.192. The molecule has 2 heterocycles. The number of para-hydroxylation sites is 1. The second-order valence-corrected chi connectivity index (χ2v) is 7.59. The highest BCUT2D eigenvalue weighted by atomic mass is 79.9. The molecule has 0 saturated heterocycles. The molecule has 0 radical (unpaired) electrons. The van der Waals surface area contributed by atoms with E-state index in [9.17, 15) is 17.6 Å². The predicted octanol–water partition coefficient (Wildman–Crippen LogP) is 4.73. The standard InChI is InChI=1S/C19H15BrFN5O.C2HF3O2/c1-26-18-13(9-23-19(22)24-18)16(25-26)12-6-4-7-14(20)17(12)27-10-11-5-2-3-8-15(11)21;3-2(4,5)1(6)7/h2-9H,10H2,1H3,(H2,22,23,24);(H,6,7). The van der Waals surface area contributed by atoms with E-state index in [-0.39, 0.29) is 18.4 Å². The first-order valence-electron chi connectivity index (χ1n) is 9.39. The van der Waals surface area contributed by atoms with Gasteiger partial charge < -0.3 is 15.6 Å². The molecule has 0 bridgehead atoms. The predicted molar refractivity (Wildman–Crippen MR) is 118 cm³/mol. The highest BCUT2D eigenvalue weighted by Crippen LogP contribution is 2.39. The molecule has 13 heteroatoms. The van der Waals surface area contributed by atoms with Gasteiger partial charge in [-0.3, -0.25) is 0 Å². The monoisotopic (exact) mass is 541 g/mol. The SMILES string of the molecule is Cn1nc(-c2cccc(Br)c2OCc2ccccc2F)c2cnc(N)nc21.O=C(O)C(F)(F)F. The van der Waals surface area contributed by atoms with Crippen molar-refractivity contribution in [1.82, 2.24) is 19.7 Å². The lowest BCUT2D eigenvalue weighted by Gasteiger charge is -2.13. The summed E-state index contributed by atoms with van der Waals surface area (Å²) in [5, 5.41) is 12.4. The Balaban J connectivity index is 0.000000406. The number of nitrogens with zero attached hydrogens (tertiary/aromatic N) is 4. The molecule has 4 aromatic rings. The van der Waals surface area contributed by atoms with Gasteiger partial charge >= 0.3 is 12.1 Å². The van der Waals surface area contributed by atoms with E-state index in [0.29, 0.717) is 22.7 Å². The number of aromatic nitrogens is 4. The summed E-state index contributed by atoms with van der Waals surface area (Å²) in [4.78, 5) is 17.2. The van der Waals surface area contributed by atoms with Gasteiger partial charge in [0.2, 0.25) is 5.95 Å². The molecule has 2 aromatic heterocycles. The van der Waals surface area contributed by atoms with Crippen LogP contribution in [0.25, 0.3) is 22.3 Å². The minimum absolute atomic E-state index is 0.0938. The fourth-order valence-corrected chi connectivity index (χ4v) is 3.34. The summed E-state index contributed by atoms with van der Waals surface area (Å²) in [6.07, 6.45) is -3.44. The molecule has 3 N–H and O–H groups in total. The minimum atomic E-state index is -5.08. The van der Waals surface area contributed by atoms with Crippen LogP contribution in [0, 0.1) is 5.82 Å². The van der Waals surface area contributed by atoms with Crippen LogP contribution in [0.15, 0.2) is 53.1 Å². The molecule has 0 aliphatic rings. The number of carboxylic acids is 1. The largest absolute Gasteiger partial charge is 0.490 e. The molecular formula is C21H16BrF4N5O3. The van der Waals surface area contributed by atoms with Crippen molar-refractivity contribution in [2.24, 2.45) is 7.05 Å². The van der Waals surface area contributed by atoms with E-state index in [0.717, 1.165) is 15.4 Å². The third kappa shape index (κ3) is 5.60. The number of aliphatic carboxylic acids is 1. The number of anilines is 1. The maximum absolute atomic E-state index is 13.9. The van der Waals surface area contributed by atoms with Crippen LogP contribution in [0.1, 0.15) is 5.56 Å². The Morgan fingerprint density at radius 3 is 2.53 bits per heavy atom. The number of hydrogen-bond acceptors (Lipinski definition) is 6. The molecule has 0 atom stereocenters. The Morgan fingerprint density at radius 2 is 1.88 bits per heavy atom. The van der Waals surface area contributed by atoms with Gasteiger partial charge in [0.05, 0.1) is 9.86 Å². The van der Waals surface area contributed by atoms with Crippen LogP contribution in [0.5, 0.6) is 5.75 Å². The number of alkyl halides is 3. The first-order chi connectivity index (χ1) is 16.0. The maximum atomic E-state index is 13.9. The maximum Gasteiger partial charge on any atom is 0.490 e. The normalized spacial score (nSPS) is 11.1. The molecule has 0 aliphatic heterocycles. The van der Waals surface area contributed by atoms with Gasteiger partial charge in [-0.15, -0.1) is 0 Å². The van der Waals surface area contributed by atoms with Crippen molar-refractivity contribution in [2.45, 2.75) is 12.8 Å². The second kappa shape index (κ2) is 10.0. The summed E-state index contributed by atoms with van der Waals surface area (Å²) in [5.74, 6) is -2.31. The quantitative estimate of drug-likeness (QED) is 0.359. The Labute approximate surface area is 198 Å². The molecule has 4 rings (SSSR count). The number of ether oxygens (including phenoxy) is 1. The van der Waals surface area contributed by atoms with E-state index in [1.54, 1.807) is 36.1 Å². The molecule has 0 unspecified atom stereocenters. The average Bonchev–Trinajstić information content (AvgIpc) is 3.09. The number of benzene rings is 2. The number of rotatable bonds is 4. The van der Waals surface area contributed by atoms with Crippen LogP contribution in [0.4, 0.5) is 23.5 Å². The summed E-state index contributed by atoms with van der Waals surface area (Å²) >= 11 is 3.51. The van der Waals surface area contributed by atoms with E-state index < -0.39 is 12.1 Å². The Kier molecular flexibility index (Phi) is 7.35. The van der Waals surface area contributed by atoms with Crippen LogP contribution in [0.3, 0.4) is 0 Å². The molecule has 0 amide bonds. The minimum Gasteiger partial charge on any atom is -0.487 e. The van der Waals surface area contributed by atoms with E-state index in [1.807, 2.05) is 18.2 Å². The van der Waals surface area contributed by atoms with Crippen molar-refractivity contribution in [3.63, 3.8) is 0 Å². The van der Waals surface area contributed by atoms with Crippen LogP contribution < -0.4 is 10.5 Å².